The lowest BCUT2D eigenvalue weighted by molar-refractivity contribution is -0.117. The van der Waals surface area contributed by atoms with Gasteiger partial charge in [0.1, 0.15) is 36.9 Å². The van der Waals surface area contributed by atoms with Crippen LogP contribution in [0.3, 0.4) is 0 Å². The second-order valence-corrected chi connectivity index (χ2v) is 7.64. The summed E-state index contributed by atoms with van der Waals surface area (Å²) in [5, 5.41) is 10.4. The van der Waals surface area contributed by atoms with Crippen LogP contribution in [0.25, 0.3) is 10.9 Å². The van der Waals surface area contributed by atoms with E-state index in [0.29, 0.717) is 44.6 Å². The van der Waals surface area contributed by atoms with Crippen LogP contribution >= 0.6 is 11.6 Å². The number of nitrogens with one attached hydrogen (secondary N) is 3. The SMILES string of the molecule is COc1cc2ncnc(Nc3ccc(OCCF)c(Cl)c3)c2cc1NC(=O)[C@H]1CCCN1. The number of hydrogen-bond donors (Lipinski definition) is 3. The van der Waals surface area contributed by atoms with Crippen LogP contribution in [0.5, 0.6) is 11.5 Å². The number of hydrogen-bond acceptors (Lipinski definition) is 7. The zero-order valence-corrected chi connectivity index (χ0v) is 18.2. The van der Waals surface area contributed by atoms with Crippen molar-refractivity contribution in [1.82, 2.24) is 15.3 Å². The van der Waals surface area contributed by atoms with Gasteiger partial charge in [-0.2, -0.15) is 0 Å². The maximum Gasteiger partial charge on any atom is 0.241 e. The highest BCUT2D eigenvalue weighted by Crippen LogP contribution is 2.34. The molecular weight excluding hydrogens is 437 g/mol. The second kappa shape index (κ2) is 9.97. The smallest absolute Gasteiger partial charge is 0.241 e. The standard InChI is InChI=1S/C22H23ClFN5O3/c1-31-20-11-17-14(10-18(20)29-22(30)16-3-2-7-25-16)21(27-12-26-17)28-13-4-5-19(15(23)9-13)32-8-6-24/h4-5,9-12,16,25H,2-3,6-8H2,1H3,(H,29,30)(H,26,27,28)/t16-/m1/s1. The molecule has 8 nitrogen and oxygen atoms in total. The lowest BCUT2D eigenvalue weighted by Gasteiger charge is -2.16. The van der Waals surface area contributed by atoms with Crippen molar-refractivity contribution in [2.24, 2.45) is 0 Å². The molecule has 0 aliphatic carbocycles. The predicted molar refractivity (Wildman–Crippen MR) is 122 cm³/mol. The number of fused-ring (bicyclic) bond motifs is 1. The van der Waals surface area contributed by atoms with E-state index in [1.54, 1.807) is 37.4 Å². The minimum Gasteiger partial charge on any atom is -0.494 e. The largest absolute Gasteiger partial charge is 0.494 e. The molecule has 168 valence electrons. The summed E-state index contributed by atoms with van der Waals surface area (Å²) in [5.41, 5.74) is 1.84. The highest BCUT2D eigenvalue weighted by molar-refractivity contribution is 6.32. The van der Waals surface area contributed by atoms with E-state index in [2.05, 4.69) is 25.9 Å². The molecule has 1 aromatic heterocycles. The fraction of sp³-hybridized carbons (Fsp3) is 0.318. The highest BCUT2D eigenvalue weighted by Gasteiger charge is 2.23. The first kappa shape index (κ1) is 22.0. The summed E-state index contributed by atoms with van der Waals surface area (Å²) in [7, 11) is 1.54. The van der Waals surface area contributed by atoms with Crippen molar-refractivity contribution in [2.75, 3.05) is 37.6 Å². The summed E-state index contributed by atoms with van der Waals surface area (Å²) in [4.78, 5) is 21.3. The molecular formula is C22H23ClFN5O3. The van der Waals surface area contributed by atoms with Crippen molar-refractivity contribution in [3.05, 3.63) is 41.7 Å². The van der Waals surface area contributed by atoms with E-state index in [9.17, 15) is 9.18 Å². The van der Waals surface area contributed by atoms with Crippen molar-refractivity contribution >= 4 is 45.6 Å². The molecule has 0 unspecified atom stereocenters. The molecule has 1 amide bonds. The summed E-state index contributed by atoms with van der Waals surface area (Å²) in [6.07, 6.45) is 3.20. The van der Waals surface area contributed by atoms with Gasteiger partial charge < -0.3 is 25.4 Å². The Hall–Kier alpha value is -3.17. The van der Waals surface area contributed by atoms with Crippen molar-refractivity contribution in [3.63, 3.8) is 0 Å². The first-order valence-corrected chi connectivity index (χ1v) is 10.6. The van der Waals surface area contributed by atoms with E-state index in [4.69, 9.17) is 21.1 Å². The topological polar surface area (TPSA) is 97.4 Å². The van der Waals surface area contributed by atoms with Crippen molar-refractivity contribution in [1.29, 1.82) is 0 Å². The molecule has 32 heavy (non-hydrogen) atoms. The van der Waals surface area contributed by atoms with E-state index >= 15 is 0 Å². The Morgan fingerprint density at radius 1 is 1.28 bits per heavy atom. The Kier molecular flexibility index (Phi) is 6.87. The molecule has 0 radical (unpaired) electrons. The van der Waals surface area contributed by atoms with Crippen LogP contribution in [0.2, 0.25) is 5.02 Å². The quantitative estimate of drug-likeness (QED) is 0.467. The molecule has 0 saturated carbocycles. The number of rotatable bonds is 8. The van der Waals surface area contributed by atoms with Crippen LogP contribution in [0.15, 0.2) is 36.7 Å². The van der Waals surface area contributed by atoms with E-state index in [1.165, 1.54) is 6.33 Å². The van der Waals surface area contributed by atoms with Gasteiger partial charge in [-0.3, -0.25) is 4.79 Å². The Labute approximate surface area is 189 Å². The van der Waals surface area contributed by atoms with Crippen LogP contribution in [0.1, 0.15) is 12.8 Å². The number of methoxy groups -OCH3 is 1. The molecule has 1 saturated heterocycles. The minimum absolute atomic E-state index is 0.0598. The summed E-state index contributed by atoms with van der Waals surface area (Å²) in [5.74, 6) is 1.33. The van der Waals surface area contributed by atoms with E-state index in [1.807, 2.05) is 0 Å². The number of nitrogens with zero attached hydrogens (tertiary/aromatic N) is 2. The fourth-order valence-electron chi connectivity index (χ4n) is 3.56. The molecule has 2 heterocycles. The van der Waals surface area contributed by atoms with Gasteiger partial charge >= 0.3 is 0 Å². The van der Waals surface area contributed by atoms with Gasteiger partial charge in [0.25, 0.3) is 0 Å². The number of alkyl halides is 1. The summed E-state index contributed by atoms with van der Waals surface area (Å²) in [6.45, 7) is 0.174. The second-order valence-electron chi connectivity index (χ2n) is 7.24. The third-order valence-electron chi connectivity index (χ3n) is 5.12. The van der Waals surface area contributed by atoms with Crippen molar-refractivity contribution in [2.45, 2.75) is 18.9 Å². The number of carbonyl (C=O) groups is 1. The molecule has 3 N–H and O–H groups in total. The van der Waals surface area contributed by atoms with Gasteiger partial charge in [-0.15, -0.1) is 0 Å². The van der Waals surface area contributed by atoms with Gasteiger partial charge in [-0.25, -0.2) is 14.4 Å². The third-order valence-corrected chi connectivity index (χ3v) is 5.42. The number of aromatic nitrogens is 2. The van der Waals surface area contributed by atoms with Gasteiger partial charge in [0.05, 0.1) is 29.4 Å². The number of benzene rings is 2. The number of anilines is 3. The average Bonchev–Trinajstić information content (AvgIpc) is 3.34. The lowest BCUT2D eigenvalue weighted by atomic mass is 10.1. The zero-order valence-electron chi connectivity index (χ0n) is 17.5. The Balaban J connectivity index is 1.63. The normalized spacial score (nSPS) is 15.5. The molecule has 0 bridgehead atoms. The van der Waals surface area contributed by atoms with Crippen LogP contribution in [0.4, 0.5) is 21.6 Å². The maximum absolute atomic E-state index is 12.6. The number of carbonyl (C=O) groups excluding carboxylic acids is 1. The van der Waals surface area contributed by atoms with E-state index in [-0.39, 0.29) is 18.6 Å². The molecule has 1 aliphatic rings. The van der Waals surface area contributed by atoms with Gasteiger partial charge in [-0.1, -0.05) is 11.6 Å². The first-order chi connectivity index (χ1) is 15.6. The third kappa shape index (κ3) is 4.84. The highest BCUT2D eigenvalue weighted by atomic mass is 35.5. The number of amides is 1. The van der Waals surface area contributed by atoms with Crippen molar-refractivity contribution < 1.29 is 18.7 Å². The monoisotopic (exact) mass is 459 g/mol. The molecule has 3 aromatic rings. The number of ether oxygens (including phenoxy) is 2. The fourth-order valence-corrected chi connectivity index (χ4v) is 3.79. The summed E-state index contributed by atoms with van der Waals surface area (Å²) < 4.78 is 23.1. The predicted octanol–water partition coefficient (Wildman–Crippen LogP) is 4.07. The molecule has 0 spiro atoms. The van der Waals surface area contributed by atoms with Gasteiger partial charge in [0.15, 0.2) is 0 Å². The zero-order chi connectivity index (χ0) is 22.5. The van der Waals surface area contributed by atoms with Crippen LogP contribution in [0, 0.1) is 0 Å². The Morgan fingerprint density at radius 2 is 2.16 bits per heavy atom. The van der Waals surface area contributed by atoms with Gasteiger partial charge in [0, 0.05) is 17.1 Å². The Morgan fingerprint density at radius 3 is 2.88 bits per heavy atom. The summed E-state index contributed by atoms with van der Waals surface area (Å²) >= 11 is 6.24. The van der Waals surface area contributed by atoms with E-state index < -0.39 is 6.67 Å². The van der Waals surface area contributed by atoms with Crippen LogP contribution in [-0.4, -0.2) is 48.9 Å². The van der Waals surface area contributed by atoms with Crippen molar-refractivity contribution in [3.8, 4) is 11.5 Å². The first-order valence-electron chi connectivity index (χ1n) is 10.2. The molecule has 10 heteroatoms. The van der Waals surface area contributed by atoms with Crippen LogP contribution in [-0.2, 0) is 4.79 Å². The molecule has 2 aromatic carbocycles. The molecule has 1 atom stereocenters. The Bertz CT molecular complexity index is 1120. The number of halogens is 2. The molecule has 1 aliphatic heterocycles. The minimum atomic E-state index is -0.595. The van der Waals surface area contributed by atoms with E-state index in [0.717, 1.165) is 19.4 Å². The van der Waals surface area contributed by atoms with Gasteiger partial charge in [0.2, 0.25) is 5.91 Å². The molecule has 1 fully saturated rings. The maximum atomic E-state index is 12.6. The van der Waals surface area contributed by atoms with Crippen LogP contribution < -0.4 is 25.4 Å². The average molecular weight is 460 g/mol. The lowest BCUT2D eigenvalue weighted by Crippen LogP contribution is -2.35. The van der Waals surface area contributed by atoms with Gasteiger partial charge in [-0.05, 0) is 43.7 Å². The molecule has 4 rings (SSSR count). The summed E-state index contributed by atoms with van der Waals surface area (Å²) in [6, 6.07) is 8.39.